The maximum atomic E-state index is 7.74. The van der Waals surface area contributed by atoms with Gasteiger partial charge in [-0.3, -0.25) is 0 Å². The summed E-state index contributed by atoms with van der Waals surface area (Å²) >= 11 is 0. The molecule has 0 aromatic heterocycles. The van der Waals surface area contributed by atoms with Crippen molar-refractivity contribution < 1.29 is 42.6 Å². The fourth-order valence-electron chi connectivity index (χ4n) is 10.2. The molecule has 5 unspecified atom stereocenters. The average Bonchev–Trinajstić information content (AvgIpc) is 3.40. The van der Waals surface area contributed by atoms with E-state index >= 15 is 0 Å². The Labute approximate surface area is 456 Å². The normalized spacial score (nSPS) is 15.8. The molecule has 0 aliphatic carbocycles. The topological polar surface area (TPSA) is 83.1 Å². The Kier molecular flexibility index (Phi) is 50.8. The Balaban J connectivity index is 8.24. The van der Waals surface area contributed by atoms with E-state index in [-0.39, 0.29) is 5.92 Å². The van der Waals surface area contributed by atoms with Crippen molar-refractivity contribution in [3.05, 3.63) is 0 Å². The number of hydrogen-bond acceptors (Lipinski definition) is 9. The van der Waals surface area contributed by atoms with Gasteiger partial charge in [-0.2, -0.15) is 0 Å². The summed E-state index contributed by atoms with van der Waals surface area (Å²) in [6.45, 7) is 25.3. The van der Waals surface area contributed by atoms with Gasteiger partial charge in [0.15, 0.2) is 0 Å². The summed E-state index contributed by atoms with van der Waals surface area (Å²) in [5.41, 5.74) is 0. The smallest absolute Gasteiger partial charge is 0.346 e. The lowest BCUT2D eigenvalue weighted by Gasteiger charge is -2.60. The molecule has 0 aromatic rings. The molecular weight excluding hydrogens is 913 g/mol. The van der Waals surface area contributed by atoms with E-state index in [2.05, 4.69) is 69.2 Å². The molecule has 0 rings (SSSR count). The van der Waals surface area contributed by atoms with Crippen molar-refractivity contribution in [2.75, 3.05) is 60.0 Å². The summed E-state index contributed by atoms with van der Waals surface area (Å²) < 4.78 is 67.6. The second-order valence-electron chi connectivity index (χ2n) is 21.6. The first-order chi connectivity index (χ1) is 35.8. The molecule has 0 bridgehead atoms. The molecule has 0 amide bonds. The molecule has 440 valence electrons. The largest absolute Gasteiger partial charge is 0.349 e. The van der Waals surface area contributed by atoms with Crippen molar-refractivity contribution in [2.24, 2.45) is 5.92 Å². The second kappa shape index (κ2) is 51.1. The van der Waals surface area contributed by atoms with E-state index in [0.29, 0.717) is 59.3 Å². The van der Waals surface area contributed by atoms with Crippen LogP contribution in [0.3, 0.4) is 0 Å². The number of methoxy groups -OCH3 is 1. The van der Waals surface area contributed by atoms with Gasteiger partial charge in [0.25, 0.3) is 5.79 Å². The van der Waals surface area contributed by atoms with Crippen LogP contribution < -0.4 is 0 Å². The lowest BCUT2D eigenvalue weighted by Crippen LogP contribution is -2.82. The molecule has 0 saturated carbocycles. The molecule has 0 aromatic carbocycles. The first-order valence-electron chi connectivity index (χ1n) is 32.5. The Morgan fingerprint density at radius 1 is 0.288 bits per heavy atom. The zero-order chi connectivity index (χ0) is 53.9. The zero-order valence-electron chi connectivity index (χ0n) is 51.2. The quantitative estimate of drug-likeness (QED) is 0.0437. The SMILES string of the molecule is CCCCCCCCCCCCCCCCC(OC)(OCC)C(OCCC)(OCCCC)C(OCCCCC)(OCCCCCC)C(OCCCCCCC)(OCCCCCCCC)OCC(CC)CCCC. The van der Waals surface area contributed by atoms with Crippen LogP contribution >= 0.6 is 0 Å². The van der Waals surface area contributed by atoms with Gasteiger partial charge < -0.3 is 42.6 Å². The van der Waals surface area contributed by atoms with E-state index in [1.54, 1.807) is 7.11 Å². The minimum atomic E-state index is -1.95. The summed E-state index contributed by atoms with van der Waals surface area (Å²) in [6, 6.07) is 0. The van der Waals surface area contributed by atoms with E-state index in [1.807, 2.05) is 0 Å². The minimum Gasteiger partial charge on any atom is -0.349 e. The van der Waals surface area contributed by atoms with Crippen LogP contribution in [0.5, 0.6) is 0 Å². The molecule has 0 radical (unpaired) electrons. The Hall–Kier alpha value is -0.360. The van der Waals surface area contributed by atoms with Crippen LogP contribution in [0.15, 0.2) is 0 Å². The maximum Gasteiger partial charge on any atom is 0.346 e. The third-order valence-electron chi connectivity index (χ3n) is 15.0. The number of ether oxygens (including phenoxy) is 9. The Morgan fingerprint density at radius 3 is 1.04 bits per heavy atom. The molecular formula is C64H130O9. The van der Waals surface area contributed by atoms with Gasteiger partial charge >= 0.3 is 11.8 Å². The fraction of sp³-hybridized carbons (Fsp3) is 1.00. The van der Waals surface area contributed by atoms with E-state index in [1.165, 1.54) is 103 Å². The molecule has 9 heteroatoms. The lowest BCUT2D eigenvalue weighted by atomic mass is 9.87. The maximum absolute atomic E-state index is 7.74. The van der Waals surface area contributed by atoms with Crippen molar-refractivity contribution in [2.45, 2.75) is 349 Å². The van der Waals surface area contributed by atoms with Crippen molar-refractivity contribution in [1.29, 1.82) is 0 Å². The van der Waals surface area contributed by atoms with Crippen LogP contribution in [0.2, 0.25) is 0 Å². The van der Waals surface area contributed by atoms with Gasteiger partial charge in [-0.25, -0.2) is 0 Å². The summed E-state index contributed by atoms with van der Waals surface area (Å²) in [5.74, 6) is -6.93. The molecule has 0 spiro atoms. The van der Waals surface area contributed by atoms with Gasteiger partial charge in [0.2, 0.25) is 5.79 Å². The first kappa shape index (κ1) is 72.6. The molecule has 0 heterocycles. The Morgan fingerprint density at radius 2 is 0.630 bits per heavy atom. The van der Waals surface area contributed by atoms with Crippen molar-refractivity contribution in [3.8, 4) is 0 Å². The molecule has 0 saturated heterocycles. The highest BCUT2D eigenvalue weighted by atomic mass is 16.9. The number of hydrogen-bond donors (Lipinski definition) is 0. The van der Waals surface area contributed by atoms with Crippen LogP contribution in [-0.4, -0.2) is 83.3 Å². The molecule has 0 aliphatic heterocycles. The Bertz CT molecular complexity index is 1110. The van der Waals surface area contributed by atoms with E-state index in [0.717, 1.165) is 148 Å². The number of rotatable bonds is 61. The van der Waals surface area contributed by atoms with Gasteiger partial charge in [0.1, 0.15) is 0 Å². The molecule has 0 aliphatic rings. The van der Waals surface area contributed by atoms with Crippen molar-refractivity contribution >= 4 is 0 Å². The predicted molar refractivity (Wildman–Crippen MR) is 310 cm³/mol. The summed E-state index contributed by atoms with van der Waals surface area (Å²) in [7, 11) is 1.77. The third kappa shape index (κ3) is 30.0. The summed E-state index contributed by atoms with van der Waals surface area (Å²) in [5, 5.41) is 0. The summed E-state index contributed by atoms with van der Waals surface area (Å²) in [6.07, 6.45) is 44.1. The second-order valence-corrected chi connectivity index (χ2v) is 21.6. The fourth-order valence-corrected chi connectivity index (χ4v) is 10.2. The van der Waals surface area contributed by atoms with Crippen LogP contribution in [0.4, 0.5) is 0 Å². The van der Waals surface area contributed by atoms with E-state index in [4.69, 9.17) is 42.6 Å². The molecule has 73 heavy (non-hydrogen) atoms. The van der Waals surface area contributed by atoms with Gasteiger partial charge in [0.05, 0.1) is 46.2 Å². The number of unbranched alkanes of at least 4 members (excludes halogenated alkanes) is 29. The highest BCUT2D eigenvalue weighted by Gasteiger charge is 2.80. The van der Waals surface area contributed by atoms with Gasteiger partial charge in [-0.05, 0) is 64.2 Å². The van der Waals surface area contributed by atoms with E-state index in [9.17, 15) is 0 Å². The van der Waals surface area contributed by atoms with Crippen LogP contribution in [0.25, 0.3) is 0 Å². The third-order valence-corrected chi connectivity index (χ3v) is 15.0. The lowest BCUT2D eigenvalue weighted by molar-refractivity contribution is -0.584. The molecule has 0 fully saturated rings. The molecule has 5 atom stereocenters. The molecule has 0 N–H and O–H groups in total. The zero-order valence-corrected chi connectivity index (χ0v) is 51.2. The van der Waals surface area contributed by atoms with Gasteiger partial charge in [-0.15, -0.1) is 0 Å². The summed E-state index contributed by atoms with van der Waals surface area (Å²) in [4.78, 5) is 0. The van der Waals surface area contributed by atoms with Crippen LogP contribution in [-0.2, 0) is 42.6 Å². The van der Waals surface area contributed by atoms with Crippen molar-refractivity contribution in [3.63, 3.8) is 0 Å². The minimum absolute atomic E-state index is 0.272. The standard InChI is InChI=1S/C64H130O9/c1-12-22-29-33-35-36-37-38-39-40-41-42-43-46-52-61(65-11,66-21-10)62(67-53-19-8,68-54-28-18-7)63(69-55-47-26-16-5,70-56-48-32-25-15-4)64(71-57-49-44-31-24-14-3,72-58-50-45-34-30-23-13-2)73-59-60(20-9)51-27-17-6/h60H,12-59H2,1-11H3. The highest BCUT2D eigenvalue weighted by Crippen LogP contribution is 2.54. The van der Waals surface area contributed by atoms with Gasteiger partial charge in [-0.1, -0.05) is 261 Å². The highest BCUT2D eigenvalue weighted by molar-refractivity contribution is 5.07. The van der Waals surface area contributed by atoms with Gasteiger partial charge in [0, 0.05) is 20.1 Å². The van der Waals surface area contributed by atoms with Crippen molar-refractivity contribution in [1.82, 2.24) is 0 Å². The predicted octanol–water partition coefficient (Wildman–Crippen LogP) is 19.9. The van der Waals surface area contributed by atoms with Crippen LogP contribution in [0, 0.1) is 5.92 Å². The monoisotopic (exact) mass is 1040 g/mol. The first-order valence-corrected chi connectivity index (χ1v) is 32.5. The van der Waals surface area contributed by atoms with E-state index < -0.39 is 23.3 Å². The average molecular weight is 1040 g/mol. The molecule has 9 nitrogen and oxygen atoms in total. The van der Waals surface area contributed by atoms with Crippen LogP contribution in [0.1, 0.15) is 326 Å².